The van der Waals surface area contributed by atoms with Crippen molar-refractivity contribution >= 4 is 28.8 Å². The Labute approximate surface area is 140 Å². The smallest absolute Gasteiger partial charge is 0.220 e. The van der Waals surface area contributed by atoms with Crippen molar-refractivity contribution in [2.45, 2.75) is 32.7 Å². The van der Waals surface area contributed by atoms with Crippen LogP contribution in [0.25, 0.3) is 0 Å². The van der Waals surface area contributed by atoms with Gasteiger partial charge in [-0.05, 0) is 55.5 Å². The predicted octanol–water partition coefficient (Wildman–Crippen LogP) is 4.75. The molecule has 2 aromatic rings. The lowest BCUT2D eigenvalue weighted by atomic mass is 10.2. The largest absolute Gasteiger partial charge is 0.493 e. The van der Waals surface area contributed by atoms with Gasteiger partial charge in [-0.15, -0.1) is 11.3 Å². The summed E-state index contributed by atoms with van der Waals surface area (Å²) in [7, 11) is 0. The molecule has 0 radical (unpaired) electrons. The molecule has 1 atom stereocenters. The quantitative estimate of drug-likeness (QED) is 0.741. The summed E-state index contributed by atoms with van der Waals surface area (Å²) in [5.41, 5.74) is 1.00. The van der Waals surface area contributed by atoms with Crippen LogP contribution in [0.1, 0.15) is 36.2 Å². The van der Waals surface area contributed by atoms with E-state index in [-0.39, 0.29) is 11.9 Å². The number of amides is 1. The van der Waals surface area contributed by atoms with E-state index < -0.39 is 0 Å². The van der Waals surface area contributed by atoms with Crippen molar-refractivity contribution in [2.24, 2.45) is 0 Å². The maximum atomic E-state index is 11.9. The molecule has 0 saturated heterocycles. The minimum atomic E-state index is 0.0531. The van der Waals surface area contributed by atoms with Crippen molar-refractivity contribution < 1.29 is 9.53 Å². The van der Waals surface area contributed by atoms with E-state index in [1.165, 1.54) is 4.88 Å². The molecule has 2 rings (SSSR count). The van der Waals surface area contributed by atoms with Crippen molar-refractivity contribution in [3.05, 3.63) is 51.2 Å². The van der Waals surface area contributed by atoms with Gasteiger partial charge in [-0.25, -0.2) is 0 Å². The molecule has 0 aliphatic heterocycles. The highest BCUT2D eigenvalue weighted by atomic mass is 35.5. The van der Waals surface area contributed by atoms with Gasteiger partial charge in [-0.3, -0.25) is 4.79 Å². The minimum Gasteiger partial charge on any atom is -0.493 e. The number of hydrogen-bond acceptors (Lipinski definition) is 3. The predicted molar refractivity (Wildman–Crippen MR) is 91.8 cm³/mol. The summed E-state index contributed by atoms with van der Waals surface area (Å²) in [6.45, 7) is 4.47. The Morgan fingerprint density at radius 3 is 2.91 bits per heavy atom. The number of carbonyl (C=O) groups excluding carboxylic acids is 1. The summed E-state index contributed by atoms with van der Waals surface area (Å²) < 4.78 is 5.68. The highest BCUT2D eigenvalue weighted by Crippen LogP contribution is 2.22. The van der Waals surface area contributed by atoms with Crippen LogP contribution in [0.5, 0.6) is 5.75 Å². The van der Waals surface area contributed by atoms with Crippen LogP contribution in [-0.4, -0.2) is 12.5 Å². The second-order valence-corrected chi connectivity index (χ2v) is 6.58. The molecule has 0 fully saturated rings. The van der Waals surface area contributed by atoms with Gasteiger partial charge in [-0.1, -0.05) is 17.7 Å². The summed E-state index contributed by atoms with van der Waals surface area (Å²) in [6.07, 6.45) is 1.15. The van der Waals surface area contributed by atoms with Gasteiger partial charge in [0, 0.05) is 16.3 Å². The molecular weight excluding hydrogens is 318 g/mol. The Hall–Kier alpha value is -1.52. The number of benzene rings is 1. The fraction of sp³-hybridized carbons (Fsp3) is 0.353. The fourth-order valence-corrected chi connectivity index (χ4v) is 3.07. The summed E-state index contributed by atoms with van der Waals surface area (Å²) in [5.74, 6) is 0.870. The van der Waals surface area contributed by atoms with Crippen molar-refractivity contribution in [1.29, 1.82) is 0 Å². The zero-order chi connectivity index (χ0) is 15.9. The molecule has 1 aromatic carbocycles. The van der Waals surface area contributed by atoms with Gasteiger partial charge in [0.25, 0.3) is 0 Å². The number of halogens is 1. The van der Waals surface area contributed by atoms with Gasteiger partial charge in [0.15, 0.2) is 0 Å². The molecule has 1 N–H and O–H groups in total. The number of rotatable bonds is 7. The average molecular weight is 338 g/mol. The molecule has 1 aromatic heterocycles. The van der Waals surface area contributed by atoms with E-state index in [4.69, 9.17) is 16.3 Å². The molecule has 0 aliphatic rings. The monoisotopic (exact) mass is 337 g/mol. The van der Waals surface area contributed by atoms with Gasteiger partial charge < -0.3 is 10.1 Å². The van der Waals surface area contributed by atoms with Crippen LogP contribution in [0.3, 0.4) is 0 Å². The van der Waals surface area contributed by atoms with Crippen LogP contribution in [0.4, 0.5) is 0 Å². The van der Waals surface area contributed by atoms with E-state index in [0.717, 1.165) is 11.3 Å². The second kappa shape index (κ2) is 8.20. The third kappa shape index (κ3) is 5.04. The third-order valence-corrected chi connectivity index (χ3v) is 4.58. The molecule has 118 valence electrons. The Balaban J connectivity index is 1.69. The van der Waals surface area contributed by atoms with Crippen LogP contribution in [0.15, 0.2) is 35.7 Å². The summed E-state index contributed by atoms with van der Waals surface area (Å²) in [5, 5.41) is 5.71. The van der Waals surface area contributed by atoms with Crippen LogP contribution < -0.4 is 10.1 Å². The molecular formula is C17H20ClNO2S. The normalized spacial score (nSPS) is 12.0. The standard InChI is InChI=1S/C17H20ClNO2S/c1-12-11-14(18)7-8-15(12)21-9-3-6-17(20)19-13(2)16-5-4-10-22-16/h4-5,7-8,10-11,13H,3,6,9H2,1-2H3,(H,19,20)/t13-/m0/s1. The Bertz CT molecular complexity index is 613. The molecule has 0 bridgehead atoms. The number of hydrogen-bond donors (Lipinski definition) is 1. The van der Waals surface area contributed by atoms with Gasteiger partial charge >= 0.3 is 0 Å². The van der Waals surface area contributed by atoms with Crippen molar-refractivity contribution in [2.75, 3.05) is 6.61 Å². The zero-order valence-electron chi connectivity index (χ0n) is 12.8. The molecule has 0 unspecified atom stereocenters. The van der Waals surface area contributed by atoms with E-state index in [1.54, 1.807) is 17.4 Å². The lowest BCUT2D eigenvalue weighted by Gasteiger charge is -2.13. The lowest BCUT2D eigenvalue weighted by Crippen LogP contribution is -2.26. The summed E-state index contributed by atoms with van der Waals surface area (Å²) in [4.78, 5) is 13.1. The van der Waals surface area contributed by atoms with E-state index in [0.29, 0.717) is 24.5 Å². The maximum Gasteiger partial charge on any atom is 0.220 e. The van der Waals surface area contributed by atoms with Crippen LogP contribution in [-0.2, 0) is 4.79 Å². The van der Waals surface area contributed by atoms with Gasteiger partial charge in [0.1, 0.15) is 5.75 Å². The Morgan fingerprint density at radius 1 is 1.41 bits per heavy atom. The SMILES string of the molecule is Cc1cc(Cl)ccc1OCCCC(=O)N[C@@H](C)c1cccs1. The topological polar surface area (TPSA) is 38.3 Å². The van der Waals surface area contributed by atoms with Crippen molar-refractivity contribution in [3.63, 3.8) is 0 Å². The first-order valence-corrected chi connectivity index (χ1v) is 8.53. The van der Waals surface area contributed by atoms with Gasteiger partial charge in [-0.2, -0.15) is 0 Å². The Morgan fingerprint density at radius 2 is 2.23 bits per heavy atom. The average Bonchev–Trinajstić information content (AvgIpc) is 2.99. The third-order valence-electron chi connectivity index (χ3n) is 3.29. The highest BCUT2D eigenvalue weighted by Gasteiger charge is 2.10. The first-order chi connectivity index (χ1) is 10.6. The number of carbonyl (C=O) groups is 1. The van der Waals surface area contributed by atoms with Crippen LogP contribution >= 0.6 is 22.9 Å². The first-order valence-electron chi connectivity index (χ1n) is 7.28. The zero-order valence-corrected chi connectivity index (χ0v) is 14.3. The molecule has 22 heavy (non-hydrogen) atoms. The van der Waals surface area contributed by atoms with Crippen molar-refractivity contribution in [1.82, 2.24) is 5.32 Å². The first kappa shape index (κ1) is 16.8. The van der Waals surface area contributed by atoms with Crippen LogP contribution in [0, 0.1) is 6.92 Å². The minimum absolute atomic E-state index is 0.0531. The van der Waals surface area contributed by atoms with Crippen molar-refractivity contribution in [3.8, 4) is 5.75 Å². The molecule has 0 saturated carbocycles. The summed E-state index contributed by atoms with van der Waals surface area (Å²) in [6, 6.07) is 9.61. The molecule has 0 spiro atoms. The molecule has 1 amide bonds. The number of nitrogens with one attached hydrogen (secondary N) is 1. The molecule has 1 heterocycles. The van der Waals surface area contributed by atoms with E-state index in [2.05, 4.69) is 5.32 Å². The van der Waals surface area contributed by atoms with E-state index >= 15 is 0 Å². The second-order valence-electron chi connectivity index (χ2n) is 5.17. The Kier molecular flexibility index (Phi) is 6.28. The van der Waals surface area contributed by atoms with E-state index in [1.807, 2.05) is 43.5 Å². The van der Waals surface area contributed by atoms with Crippen LogP contribution in [0.2, 0.25) is 5.02 Å². The maximum absolute atomic E-state index is 11.9. The highest BCUT2D eigenvalue weighted by molar-refractivity contribution is 7.10. The lowest BCUT2D eigenvalue weighted by molar-refractivity contribution is -0.121. The molecule has 5 heteroatoms. The fourth-order valence-electron chi connectivity index (χ4n) is 2.11. The molecule has 3 nitrogen and oxygen atoms in total. The van der Waals surface area contributed by atoms with Gasteiger partial charge in [0.05, 0.1) is 12.6 Å². The van der Waals surface area contributed by atoms with Gasteiger partial charge in [0.2, 0.25) is 5.91 Å². The molecule has 0 aliphatic carbocycles. The van der Waals surface area contributed by atoms with E-state index in [9.17, 15) is 4.79 Å². The summed E-state index contributed by atoms with van der Waals surface area (Å²) >= 11 is 7.55. The number of ether oxygens (including phenoxy) is 1. The number of aryl methyl sites for hydroxylation is 1. The number of thiophene rings is 1.